The molecular formula is C16H24N6. The fraction of sp³-hybridized carbons (Fsp3) is 0.438. The summed E-state index contributed by atoms with van der Waals surface area (Å²) in [5, 5.41) is 10.6. The summed E-state index contributed by atoms with van der Waals surface area (Å²) in [5.74, 6) is 2.05. The molecule has 0 aliphatic carbocycles. The van der Waals surface area contributed by atoms with Crippen molar-refractivity contribution in [2.75, 3.05) is 13.6 Å². The molecule has 1 unspecified atom stereocenters. The van der Waals surface area contributed by atoms with Crippen molar-refractivity contribution >= 4 is 5.96 Å². The van der Waals surface area contributed by atoms with Gasteiger partial charge in [0.2, 0.25) is 0 Å². The molecule has 0 saturated carbocycles. The first kappa shape index (κ1) is 16.0. The van der Waals surface area contributed by atoms with Gasteiger partial charge in [-0.3, -0.25) is 9.67 Å². The molecule has 6 nitrogen and oxygen atoms in total. The van der Waals surface area contributed by atoms with Crippen molar-refractivity contribution in [2.24, 2.45) is 12.0 Å². The smallest absolute Gasteiger partial charge is 0.191 e. The number of hydrogen-bond donors (Lipinski definition) is 2. The lowest BCUT2D eigenvalue weighted by Gasteiger charge is -2.16. The summed E-state index contributed by atoms with van der Waals surface area (Å²) in [4.78, 5) is 8.41. The van der Waals surface area contributed by atoms with Gasteiger partial charge in [-0.1, -0.05) is 36.8 Å². The van der Waals surface area contributed by atoms with Crippen LogP contribution in [0, 0.1) is 6.92 Å². The molecule has 0 spiro atoms. The molecule has 1 atom stereocenters. The molecule has 0 aliphatic rings. The molecule has 118 valence electrons. The van der Waals surface area contributed by atoms with Gasteiger partial charge in [-0.15, -0.1) is 0 Å². The van der Waals surface area contributed by atoms with Crippen molar-refractivity contribution in [1.29, 1.82) is 0 Å². The van der Waals surface area contributed by atoms with Crippen LogP contribution in [0.1, 0.15) is 29.8 Å². The van der Waals surface area contributed by atoms with Crippen LogP contribution in [0.25, 0.3) is 0 Å². The molecule has 1 aromatic heterocycles. The number of nitrogens with zero attached hydrogens (tertiary/aromatic N) is 4. The van der Waals surface area contributed by atoms with Crippen LogP contribution in [-0.4, -0.2) is 34.3 Å². The fourth-order valence-corrected chi connectivity index (χ4v) is 2.13. The molecule has 0 aliphatic heterocycles. The summed E-state index contributed by atoms with van der Waals surface area (Å²) in [6, 6.07) is 8.65. The third kappa shape index (κ3) is 4.31. The van der Waals surface area contributed by atoms with Gasteiger partial charge in [0.15, 0.2) is 5.96 Å². The SMILES string of the molecule is CN=C(NCc1ncnn1C)NCC(C)c1ccc(C)cc1. The lowest BCUT2D eigenvalue weighted by molar-refractivity contribution is 0.660. The number of benzene rings is 1. The predicted octanol–water partition coefficient (Wildman–Crippen LogP) is 1.59. The van der Waals surface area contributed by atoms with Crippen molar-refractivity contribution in [3.8, 4) is 0 Å². The van der Waals surface area contributed by atoms with E-state index in [0.717, 1.165) is 18.3 Å². The average molecular weight is 300 g/mol. The molecule has 0 fully saturated rings. The molecule has 2 rings (SSSR count). The van der Waals surface area contributed by atoms with E-state index in [2.05, 4.69) is 63.8 Å². The summed E-state index contributed by atoms with van der Waals surface area (Å²) in [6.45, 7) is 5.72. The zero-order valence-electron chi connectivity index (χ0n) is 13.7. The Balaban J connectivity index is 1.83. The monoisotopic (exact) mass is 300 g/mol. The third-order valence-electron chi connectivity index (χ3n) is 3.66. The van der Waals surface area contributed by atoms with E-state index in [-0.39, 0.29) is 0 Å². The van der Waals surface area contributed by atoms with Gasteiger partial charge in [-0.2, -0.15) is 5.10 Å². The van der Waals surface area contributed by atoms with Gasteiger partial charge in [0, 0.05) is 20.6 Å². The molecule has 0 radical (unpaired) electrons. The maximum absolute atomic E-state index is 4.23. The number of hydrogen-bond acceptors (Lipinski definition) is 3. The molecular weight excluding hydrogens is 276 g/mol. The van der Waals surface area contributed by atoms with Crippen LogP contribution in [-0.2, 0) is 13.6 Å². The minimum absolute atomic E-state index is 0.411. The highest BCUT2D eigenvalue weighted by atomic mass is 15.3. The standard InChI is InChI=1S/C16H24N6/c1-12-5-7-14(8-6-12)13(2)9-18-16(17-3)19-10-15-20-11-21-22(15)4/h5-8,11,13H,9-10H2,1-4H3,(H2,17,18,19). The van der Waals surface area contributed by atoms with Crippen LogP contribution in [0.15, 0.2) is 35.6 Å². The van der Waals surface area contributed by atoms with E-state index in [4.69, 9.17) is 0 Å². The van der Waals surface area contributed by atoms with Gasteiger partial charge in [0.05, 0.1) is 6.54 Å². The first-order valence-electron chi connectivity index (χ1n) is 7.44. The molecule has 2 aromatic rings. The zero-order valence-corrected chi connectivity index (χ0v) is 13.7. The lowest BCUT2D eigenvalue weighted by Crippen LogP contribution is -2.39. The lowest BCUT2D eigenvalue weighted by atomic mass is 10.0. The average Bonchev–Trinajstić information content (AvgIpc) is 2.93. The summed E-state index contributed by atoms with van der Waals surface area (Å²) >= 11 is 0. The molecule has 0 amide bonds. The van der Waals surface area contributed by atoms with Crippen molar-refractivity contribution in [2.45, 2.75) is 26.3 Å². The number of nitrogens with one attached hydrogen (secondary N) is 2. The Kier molecular flexibility index (Phi) is 5.52. The second-order valence-corrected chi connectivity index (χ2v) is 5.42. The van der Waals surface area contributed by atoms with Crippen LogP contribution < -0.4 is 10.6 Å². The largest absolute Gasteiger partial charge is 0.356 e. The normalized spacial score (nSPS) is 13.0. The van der Waals surface area contributed by atoms with E-state index in [9.17, 15) is 0 Å². The van der Waals surface area contributed by atoms with Crippen molar-refractivity contribution in [3.05, 3.63) is 47.5 Å². The van der Waals surface area contributed by atoms with Gasteiger partial charge in [-0.25, -0.2) is 4.98 Å². The Hall–Kier alpha value is -2.37. The van der Waals surface area contributed by atoms with Crippen LogP contribution in [0.2, 0.25) is 0 Å². The predicted molar refractivity (Wildman–Crippen MR) is 88.8 cm³/mol. The Morgan fingerprint density at radius 1 is 1.27 bits per heavy atom. The van der Waals surface area contributed by atoms with E-state index in [0.29, 0.717) is 12.5 Å². The van der Waals surface area contributed by atoms with Gasteiger partial charge < -0.3 is 10.6 Å². The molecule has 6 heteroatoms. The fourth-order valence-electron chi connectivity index (χ4n) is 2.13. The number of aromatic nitrogens is 3. The van der Waals surface area contributed by atoms with Gasteiger partial charge in [0.1, 0.15) is 12.2 Å². The highest BCUT2D eigenvalue weighted by Gasteiger charge is 2.07. The van der Waals surface area contributed by atoms with Gasteiger partial charge >= 0.3 is 0 Å². The Labute approximate surface area is 131 Å². The Bertz CT molecular complexity index is 614. The van der Waals surface area contributed by atoms with Crippen LogP contribution >= 0.6 is 0 Å². The molecule has 1 aromatic carbocycles. The molecule has 1 heterocycles. The summed E-state index contributed by atoms with van der Waals surface area (Å²) < 4.78 is 1.75. The number of aliphatic imine (C=N–C) groups is 1. The van der Waals surface area contributed by atoms with Crippen molar-refractivity contribution in [3.63, 3.8) is 0 Å². The summed E-state index contributed by atoms with van der Waals surface area (Å²) in [6.07, 6.45) is 1.55. The molecule has 22 heavy (non-hydrogen) atoms. The Morgan fingerprint density at radius 2 is 2.00 bits per heavy atom. The number of guanidine groups is 1. The quantitative estimate of drug-likeness (QED) is 0.650. The Morgan fingerprint density at radius 3 is 2.59 bits per heavy atom. The maximum Gasteiger partial charge on any atom is 0.191 e. The number of rotatable bonds is 5. The van der Waals surface area contributed by atoms with Gasteiger partial charge in [0.25, 0.3) is 0 Å². The second kappa shape index (κ2) is 7.59. The highest BCUT2D eigenvalue weighted by molar-refractivity contribution is 5.79. The van der Waals surface area contributed by atoms with Gasteiger partial charge in [-0.05, 0) is 18.4 Å². The second-order valence-electron chi connectivity index (χ2n) is 5.42. The minimum Gasteiger partial charge on any atom is -0.356 e. The summed E-state index contributed by atoms with van der Waals surface area (Å²) in [5.41, 5.74) is 2.60. The first-order valence-corrected chi connectivity index (χ1v) is 7.44. The topological polar surface area (TPSA) is 67.1 Å². The third-order valence-corrected chi connectivity index (χ3v) is 3.66. The van der Waals surface area contributed by atoms with E-state index in [1.165, 1.54) is 11.1 Å². The van der Waals surface area contributed by atoms with E-state index in [1.54, 1.807) is 18.1 Å². The summed E-state index contributed by atoms with van der Waals surface area (Å²) in [7, 11) is 3.64. The molecule has 0 saturated heterocycles. The highest BCUT2D eigenvalue weighted by Crippen LogP contribution is 2.14. The van der Waals surface area contributed by atoms with Crippen molar-refractivity contribution in [1.82, 2.24) is 25.4 Å². The maximum atomic E-state index is 4.23. The minimum atomic E-state index is 0.411. The van der Waals surface area contributed by atoms with E-state index in [1.807, 2.05) is 7.05 Å². The van der Waals surface area contributed by atoms with E-state index >= 15 is 0 Å². The first-order chi connectivity index (χ1) is 10.6. The van der Waals surface area contributed by atoms with Crippen LogP contribution in [0.3, 0.4) is 0 Å². The molecule has 0 bridgehead atoms. The molecule has 2 N–H and O–H groups in total. The zero-order chi connectivity index (χ0) is 15.9. The van der Waals surface area contributed by atoms with Crippen LogP contribution in [0.4, 0.5) is 0 Å². The van der Waals surface area contributed by atoms with E-state index < -0.39 is 0 Å². The number of aryl methyl sites for hydroxylation is 2. The van der Waals surface area contributed by atoms with Crippen LogP contribution in [0.5, 0.6) is 0 Å². The van der Waals surface area contributed by atoms with Crippen molar-refractivity contribution < 1.29 is 0 Å².